The highest BCUT2D eigenvalue weighted by molar-refractivity contribution is 5.67. The average molecular weight is 157 g/mol. The standard InChI is InChI=1S/C7H11NO3/c1-2-3-8-7(9)11-5-6-4-10-6/h2,6H,1,3-5H2,(H,8,9). The lowest BCUT2D eigenvalue weighted by Crippen LogP contribution is -2.25. The number of epoxide rings is 1. The SMILES string of the molecule is C=CCNC(=O)OCC1CO1. The second kappa shape index (κ2) is 3.98. The molecule has 0 spiro atoms. The van der Waals surface area contributed by atoms with E-state index in [1.165, 1.54) is 0 Å². The lowest BCUT2D eigenvalue weighted by molar-refractivity contribution is 0.137. The molecule has 1 heterocycles. The molecule has 1 rings (SSSR count). The van der Waals surface area contributed by atoms with Crippen LogP contribution in [0.15, 0.2) is 12.7 Å². The van der Waals surface area contributed by atoms with Crippen molar-refractivity contribution in [1.29, 1.82) is 0 Å². The summed E-state index contributed by atoms with van der Waals surface area (Å²) < 4.78 is 9.58. The maximum Gasteiger partial charge on any atom is 0.407 e. The van der Waals surface area contributed by atoms with Gasteiger partial charge in [0.25, 0.3) is 0 Å². The van der Waals surface area contributed by atoms with Crippen molar-refractivity contribution in [3.63, 3.8) is 0 Å². The zero-order chi connectivity index (χ0) is 8.10. The first-order chi connectivity index (χ1) is 5.33. The highest BCUT2D eigenvalue weighted by Gasteiger charge is 2.23. The quantitative estimate of drug-likeness (QED) is 0.471. The zero-order valence-corrected chi connectivity index (χ0v) is 6.21. The van der Waals surface area contributed by atoms with Crippen molar-refractivity contribution in [2.24, 2.45) is 0 Å². The lowest BCUT2D eigenvalue weighted by Gasteiger charge is -2.01. The third-order valence-corrected chi connectivity index (χ3v) is 1.19. The van der Waals surface area contributed by atoms with Crippen molar-refractivity contribution in [2.75, 3.05) is 19.8 Å². The van der Waals surface area contributed by atoms with E-state index in [9.17, 15) is 4.79 Å². The maximum atomic E-state index is 10.7. The molecule has 4 heteroatoms. The molecule has 62 valence electrons. The van der Waals surface area contributed by atoms with Gasteiger partial charge in [-0.1, -0.05) is 6.08 Å². The highest BCUT2D eigenvalue weighted by Crippen LogP contribution is 2.08. The highest BCUT2D eigenvalue weighted by atomic mass is 16.6. The third-order valence-electron chi connectivity index (χ3n) is 1.19. The summed E-state index contributed by atoms with van der Waals surface area (Å²) in [5.74, 6) is 0. The van der Waals surface area contributed by atoms with Gasteiger partial charge in [0.05, 0.1) is 6.61 Å². The van der Waals surface area contributed by atoms with E-state index in [0.29, 0.717) is 19.8 Å². The molecule has 1 aliphatic rings. The number of alkyl carbamates (subject to hydrolysis) is 1. The van der Waals surface area contributed by atoms with Gasteiger partial charge in [-0.05, 0) is 0 Å². The normalized spacial score (nSPS) is 20.5. The summed E-state index contributed by atoms with van der Waals surface area (Å²) in [6.45, 7) is 4.93. The van der Waals surface area contributed by atoms with Crippen molar-refractivity contribution in [3.05, 3.63) is 12.7 Å². The maximum absolute atomic E-state index is 10.7. The summed E-state index contributed by atoms with van der Waals surface area (Å²) in [6, 6.07) is 0. The fourth-order valence-corrected chi connectivity index (χ4v) is 0.539. The number of ether oxygens (including phenoxy) is 2. The summed E-state index contributed by atoms with van der Waals surface area (Å²) in [6.07, 6.45) is 1.31. The summed E-state index contributed by atoms with van der Waals surface area (Å²) in [7, 11) is 0. The fraction of sp³-hybridized carbons (Fsp3) is 0.571. The van der Waals surface area contributed by atoms with Gasteiger partial charge in [-0.3, -0.25) is 0 Å². The van der Waals surface area contributed by atoms with E-state index in [1.807, 2.05) is 0 Å². The van der Waals surface area contributed by atoms with Crippen LogP contribution in [-0.2, 0) is 9.47 Å². The molecule has 0 radical (unpaired) electrons. The molecule has 11 heavy (non-hydrogen) atoms. The predicted octanol–water partition coefficient (Wildman–Crippen LogP) is 0.297. The molecule has 1 fully saturated rings. The molecule has 4 nitrogen and oxygen atoms in total. The molecule has 0 saturated carbocycles. The smallest absolute Gasteiger partial charge is 0.407 e. The minimum absolute atomic E-state index is 0.129. The van der Waals surface area contributed by atoms with E-state index >= 15 is 0 Å². The molecule has 1 N–H and O–H groups in total. The number of hydrogen-bond acceptors (Lipinski definition) is 3. The summed E-state index contributed by atoms with van der Waals surface area (Å²) in [5, 5.41) is 2.48. The largest absolute Gasteiger partial charge is 0.447 e. The van der Waals surface area contributed by atoms with Crippen molar-refractivity contribution in [1.82, 2.24) is 5.32 Å². The number of nitrogens with one attached hydrogen (secondary N) is 1. The molecule has 1 amide bonds. The molecule has 1 aliphatic heterocycles. The summed E-state index contributed by atoms with van der Waals surface area (Å²) in [4.78, 5) is 10.7. The number of hydrogen-bond donors (Lipinski definition) is 1. The van der Waals surface area contributed by atoms with Crippen LogP contribution in [-0.4, -0.2) is 32.0 Å². The van der Waals surface area contributed by atoms with Crippen LogP contribution in [0.2, 0.25) is 0 Å². The summed E-state index contributed by atoms with van der Waals surface area (Å²) in [5.41, 5.74) is 0. The van der Waals surface area contributed by atoms with Crippen LogP contribution in [0.4, 0.5) is 4.79 Å². The first-order valence-electron chi connectivity index (χ1n) is 3.46. The second-order valence-electron chi connectivity index (χ2n) is 2.22. The van der Waals surface area contributed by atoms with Gasteiger partial charge in [0.15, 0.2) is 0 Å². The third kappa shape index (κ3) is 3.62. The van der Waals surface area contributed by atoms with Crippen molar-refractivity contribution in [3.8, 4) is 0 Å². The van der Waals surface area contributed by atoms with Gasteiger partial charge in [0, 0.05) is 6.54 Å². The molecule has 1 unspecified atom stereocenters. The molecule has 1 atom stereocenters. The Bertz CT molecular complexity index is 154. The minimum Gasteiger partial charge on any atom is -0.447 e. The van der Waals surface area contributed by atoms with Crippen molar-refractivity contribution in [2.45, 2.75) is 6.10 Å². The number of rotatable bonds is 4. The molecular formula is C7H11NO3. The van der Waals surface area contributed by atoms with E-state index in [1.54, 1.807) is 6.08 Å². The molecular weight excluding hydrogens is 146 g/mol. The average Bonchev–Trinajstić information content (AvgIpc) is 2.80. The number of carbonyl (C=O) groups excluding carboxylic acids is 1. The van der Waals surface area contributed by atoms with Crippen LogP contribution in [0.3, 0.4) is 0 Å². The van der Waals surface area contributed by atoms with Gasteiger partial charge in [0.1, 0.15) is 12.7 Å². The summed E-state index contributed by atoms with van der Waals surface area (Å²) >= 11 is 0. The number of amides is 1. The van der Waals surface area contributed by atoms with E-state index in [4.69, 9.17) is 9.47 Å². The Kier molecular flexibility index (Phi) is 2.92. The van der Waals surface area contributed by atoms with Crippen LogP contribution in [0.1, 0.15) is 0 Å². The van der Waals surface area contributed by atoms with Crippen LogP contribution in [0, 0.1) is 0 Å². The van der Waals surface area contributed by atoms with Crippen molar-refractivity contribution >= 4 is 6.09 Å². The monoisotopic (exact) mass is 157 g/mol. The van der Waals surface area contributed by atoms with Gasteiger partial charge in [-0.15, -0.1) is 6.58 Å². The van der Waals surface area contributed by atoms with Crippen LogP contribution in [0.5, 0.6) is 0 Å². The van der Waals surface area contributed by atoms with E-state index in [-0.39, 0.29) is 6.10 Å². The van der Waals surface area contributed by atoms with Gasteiger partial charge < -0.3 is 14.8 Å². The van der Waals surface area contributed by atoms with Crippen LogP contribution in [0.25, 0.3) is 0 Å². The number of carbonyl (C=O) groups is 1. The molecule has 0 aromatic heterocycles. The Hall–Kier alpha value is -1.03. The van der Waals surface area contributed by atoms with Gasteiger partial charge in [0.2, 0.25) is 0 Å². The second-order valence-corrected chi connectivity index (χ2v) is 2.22. The van der Waals surface area contributed by atoms with Gasteiger partial charge in [-0.2, -0.15) is 0 Å². The molecule has 0 aromatic rings. The van der Waals surface area contributed by atoms with Gasteiger partial charge in [-0.25, -0.2) is 4.79 Å². The molecule has 0 aromatic carbocycles. The van der Waals surface area contributed by atoms with Gasteiger partial charge >= 0.3 is 6.09 Å². The topological polar surface area (TPSA) is 50.9 Å². The Morgan fingerprint density at radius 3 is 3.18 bits per heavy atom. The Morgan fingerprint density at radius 2 is 2.64 bits per heavy atom. The first kappa shape index (κ1) is 8.07. The minimum atomic E-state index is -0.416. The Labute approximate surface area is 65.2 Å². The first-order valence-corrected chi connectivity index (χ1v) is 3.46. The van der Waals surface area contributed by atoms with Crippen molar-refractivity contribution < 1.29 is 14.3 Å². The Balaban J connectivity index is 1.95. The van der Waals surface area contributed by atoms with E-state index in [0.717, 1.165) is 0 Å². The van der Waals surface area contributed by atoms with Crippen LogP contribution >= 0.6 is 0 Å². The lowest BCUT2D eigenvalue weighted by atomic mass is 10.5. The Morgan fingerprint density at radius 1 is 1.91 bits per heavy atom. The predicted molar refractivity (Wildman–Crippen MR) is 39.3 cm³/mol. The van der Waals surface area contributed by atoms with E-state index in [2.05, 4.69) is 11.9 Å². The fourth-order valence-electron chi connectivity index (χ4n) is 0.539. The zero-order valence-electron chi connectivity index (χ0n) is 6.21. The molecule has 1 saturated heterocycles. The molecule has 0 bridgehead atoms. The van der Waals surface area contributed by atoms with E-state index < -0.39 is 6.09 Å². The van der Waals surface area contributed by atoms with Crippen LogP contribution < -0.4 is 5.32 Å². The molecule has 0 aliphatic carbocycles.